The molecule has 0 bridgehead atoms. The Kier molecular flexibility index (Phi) is 7.19. The lowest BCUT2D eigenvalue weighted by molar-refractivity contribution is -0.123. The summed E-state index contributed by atoms with van der Waals surface area (Å²) >= 11 is 0. The van der Waals surface area contributed by atoms with Crippen LogP contribution in [0.15, 0.2) is 57.7 Å². The molecule has 1 amide bonds. The molecule has 2 fully saturated rings. The summed E-state index contributed by atoms with van der Waals surface area (Å²) in [4.78, 5) is 27.8. The minimum atomic E-state index is -0.335. The Bertz CT molecular complexity index is 1230. The molecular weight excluding hydrogens is 440 g/mol. The molecule has 0 radical (unpaired) electrons. The molecule has 3 heterocycles. The minimum Gasteiger partial charge on any atom is -0.484 e. The fourth-order valence-corrected chi connectivity index (χ4v) is 5.73. The molecule has 2 saturated heterocycles. The van der Waals surface area contributed by atoms with E-state index >= 15 is 0 Å². The Morgan fingerprint density at radius 1 is 1.09 bits per heavy atom. The topological polar surface area (TPSA) is 71.8 Å². The van der Waals surface area contributed by atoms with E-state index in [9.17, 15) is 9.59 Å². The van der Waals surface area contributed by atoms with Crippen molar-refractivity contribution in [3.8, 4) is 5.75 Å². The molecule has 6 heteroatoms. The Labute approximate surface area is 206 Å². The molecular formula is C29H34N2O4. The number of benzene rings is 2. The smallest absolute Gasteiger partial charge is 0.340 e. The standard InChI is InChI=1S/C29H34N2O4/c1-20-24-13-12-23(17-27(24)35-29(33)25(20)16-21-8-3-2-4-9-21)34-19-28(32)30-18-22-10-7-15-31-14-6-5-11-26(22)31/h2-4,8-9,12-13,17,22,26H,5-7,10-11,14-16,18-19H2,1H3,(H,30,32)/t22-,26-/m1/s1. The first-order chi connectivity index (χ1) is 17.1. The minimum absolute atomic E-state index is 0.0537. The summed E-state index contributed by atoms with van der Waals surface area (Å²) in [5.41, 5.74) is 2.78. The third-order valence-electron chi connectivity index (χ3n) is 7.64. The second-order valence-electron chi connectivity index (χ2n) is 9.91. The predicted molar refractivity (Wildman–Crippen MR) is 137 cm³/mol. The molecule has 35 heavy (non-hydrogen) atoms. The number of rotatable bonds is 7. The summed E-state index contributed by atoms with van der Waals surface area (Å²) in [6, 6.07) is 15.9. The second-order valence-corrected chi connectivity index (χ2v) is 9.91. The zero-order valence-electron chi connectivity index (χ0n) is 20.4. The van der Waals surface area contributed by atoms with E-state index < -0.39 is 0 Å². The lowest BCUT2D eigenvalue weighted by atomic mass is 9.83. The van der Waals surface area contributed by atoms with Gasteiger partial charge >= 0.3 is 5.63 Å². The fourth-order valence-electron chi connectivity index (χ4n) is 5.73. The van der Waals surface area contributed by atoms with Crippen LogP contribution in [0.1, 0.15) is 48.8 Å². The van der Waals surface area contributed by atoms with Crippen molar-refractivity contribution in [1.29, 1.82) is 0 Å². The molecule has 0 saturated carbocycles. The SMILES string of the molecule is Cc1c(Cc2ccccc2)c(=O)oc2cc(OCC(=O)NC[C@H]3CCCN4CCCC[C@H]34)ccc12. The van der Waals surface area contributed by atoms with Crippen LogP contribution in [-0.2, 0) is 11.2 Å². The van der Waals surface area contributed by atoms with Gasteiger partial charge in [-0.05, 0) is 74.9 Å². The van der Waals surface area contributed by atoms with Crippen LogP contribution in [0.3, 0.4) is 0 Å². The zero-order valence-corrected chi connectivity index (χ0v) is 20.4. The first-order valence-electron chi connectivity index (χ1n) is 12.8. The third kappa shape index (κ3) is 5.43. The van der Waals surface area contributed by atoms with E-state index in [1.54, 1.807) is 6.07 Å². The van der Waals surface area contributed by atoms with Gasteiger partial charge in [0.05, 0.1) is 0 Å². The largest absolute Gasteiger partial charge is 0.484 e. The molecule has 0 unspecified atom stereocenters. The number of aryl methyl sites for hydroxylation is 1. The highest BCUT2D eigenvalue weighted by molar-refractivity contribution is 5.83. The average Bonchev–Trinajstić information content (AvgIpc) is 2.89. The second kappa shape index (κ2) is 10.6. The number of amides is 1. The molecule has 3 aromatic rings. The lowest BCUT2D eigenvalue weighted by Gasteiger charge is -2.44. The van der Waals surface area contributed by atoms with Crippen molar-refractivity contribution in [2.45, 2.75) is 51.5 Å². The van der Waals surface area contributed by atoms with Gasteiger partial charge in [0, 0.05) is 36.0 Å². The van der Waals surface area contributed by atoms with Crippen LogP contribution in [0, 0.1) is 12.8 Å². The number of hydrogen-bond acceptors (Lipinski definition) is 5. The molecule has 6 nitrogen and oxygen atoms in total. The van der Waals surface area contributed by atoms with E-state index in [0.29, 0.717) is 41.8 Å². The van der Waals surface area contributed by atoms with Gasteiger partial charge in [-0.2, -0.15) is 0 Å². The number of carbonyl (C=O) groups is 1. The van der Waals surface area contributed by atoms with Gasteiger partial charge in [-0.25, -0.2) is 4.79 Å². The highest BCUT2D eigenvalue weighted by atomic mass is 16.5. The summed E-state index contributed by atoms with van der Waals surface area (Å²) < 4.78 is 11.4. The summed E-state index contributed by atoms with van der Waals surface area (Å²) in [5.74, 6) is 0.923. The molecule has 184 valence electrons. The summed E-state index contributed by atoms with van der Waals surface area (Å²) in [6.45, 7) is 5.00. The van der Waals surface area contributed by atoms with Gasteiger partial charge in [-0.15, -0.1) is 0 Å². The number of fused-ring (bicyclic) bond motifs is 2. The van der Waals surface area contributed by atoms with Crippen LogP contribution >= 0.6 is 0 Å². The van der Waals surface area contributed by atoms with E-state index in [1.165, 1.54) is 45.2 Å². The maximum Gasteiger partial charge on any atom is 0.340 e. The van der Waals surface area contributed by atoms with Gasteiger partial charge in [0.15, 0.2) is 6.61 Å². The average molecular weight is 475 g/mol. The van der Waals surface area contributed by atoms with E-state index in [4.69, 9.17) is 9.15 Å². The van der Waals surface area contributed by atoms with Crippen LogP contribution in [0.2, 0.25) is 0 Å². The van der Waals surface area contributed by atoms with Gasteiger partial charge in [-0.3, -0.25) is 4.79 Å². The molecule has 0 aliphatic carbocycles. The zero-order chi connectivity index (χ0) is 24.2. The van der Waals surface area contributed by atoms with Gasteiger partial charge in [0.25, 0.3) is 5.91 Å². The number of nitrogens with zero attached hydrogens (tertiary/aromatic N) is 1. The Morgan fingerprint density at radius 3 is 2.77 bits per heavy atom. The quantitative estimate of drug-likeness (QED) is 0.512. The van der Waals surface area contributed by atoms with Gasteiger partial charge in [0.2, 0.25) is 0 Å². The predicted octanol–water partition coefficient (Wildman–Crippen LogP) is 4.45. The van der Waals surface area contributed by atoms with E-state index in [0.717, 1.165) is 16.5 Å². The first-order valence-corrected chi connectivity index (χ1v) is 12.8. The molecule has 2 aromatic carbocycles. The number of carbonyl (C=O) groups excluding carboxylic acids is 1. The summed E-state index contributed by atoms with van der Waals surface area (Å²) in [7, 11) is 0. The van der Waals surface area contributed by atoms with Crippen LogP contribution < -0.4 is 15.7 Å². The third-order valence-corrected chi connectivity index (χ3v) is 7.64. The van der Waals surface area contributed by atoms with Gasteiger partial charge < -0.3 is 19.4 Å². The summed E-state index contributed by atoms with van der Waals surface area (Å²) in [5, 5.41) is 3.95. The number of ether oxygens (including phenoxy) is 1. The fraction of sp³-hybridized carbons (Fsp3) is 0.448. The van der Waals surface area contributed by atoms with E-state index in [1.807, 2.05) is 49.4 Å². The maximum atomic E-state index is 12.7. The normalized spacial score (nSPS) is 20.4. The Hall–Kier alpha value is -3.12. The first kappa shape index (κ1) is 23.6. The lowest BCUT2D eigenvalue weighted by Crippen LogP contribution is -2.51. The molecule has 2 aliphatic rings. The molecule has 1 aromatic heterocycles. The van der Waals surface area contributed by atoms with Crippen LogP contribution in [-0.4, -0.2) is 43.1 Å². The van der Waals surface area contributed by atoms with Crippen molar-refractivity contribution in [3.63, 3.8) is 0 Å². The van der Waals surface area contributed by atoms with Crippen LogP contribution in [0.5, 0.6) is 5.75 Å². The number of piperidine rings is 2. The number of hydrogen-bond donors (Lipinski definition) is 1. The molecule has 5 rings (SSSR count). The van der Waals surface area contributed by atoms with Gasteiger partial charge in [0.1, 0.15) is 11.3 Å². The maximum absolute atomic E-state index is 12.7. The number of nitrogens with one attached hydrogen (secondary N) is 1. The van der Waals surface area contributed by atoms with Crippen molar-refractivity contribution >= 4 is 16.9 Å². The van der Waals surface area contributed by atoms with E-state index in [-0.39, 0.29) is 18.1 Å². The highest BCUT2D eigenvalue weighted by Gasteiger charge is 2.32. The molecule has 1 N–H and O–H groups in total. The monoisotopic (exact) mass is 474 g/mol. The Morgan fingerprint density at radius 2 is 1.91 bits per heavy atom. The molecule has 0 spiro atoms. The highest BCUT2D eigenvalue weighted by Crippen LogP contribution is 2.30. The summed E-state index contributed by atoms with van der Waals surface area (Å²) in [6.07, 6.45) is 6.75. The van der Waals surface area contributed by atoms with Crippen molar-refractivity contribution in [2.75, 3.05) is 26.2 Å². The van der Waals surface area contributed by atoms with Crippen LogP contribution in [0.4, 0.5) is 0 Å². The molecule has 2 atom stereocenters. The van der Waals surface area contributed by atoms with Crippen molar-refractivity contribution in [2.24, 2.45) is 5.92 Å². The van der Waals surface area contributed by atoms with Gasteiger partial charge in [-0.1, -0.05) is 36.8 Å². The molecule has 2 aliphatic heterocycles. The van der Waals surface area contributed by atoms with Crippen LogP contribution in [0.25, 0.3) is 11.0 Å². The van der Waals surface area contributed by atoms with Crippen molar-refractivity contribution < 1.29 is 13.9 Å². The van der Waals surface area contributed by atoms with Crippen molar-refractivity contribution in [1.82, 2.24) is 10.2 Å². The van der Waals surface area contributed by atoms with E-state index in [2.05, 4.69) is 10.2 Å². The Balaban J connectivity index is 1.20. The van der Waals surface area contributed by atoms with Crippen molar-refractivity contribution in [3.05, 3.63) is 75.6 Å².